The highest BCUT2D eigenvalue weighted by molar-refractivity contribution is 7.92. The minimum Gasteiger partial charge on any atom is -0.298 e. The van der Waals surface area contributed by atoms with Crippen LogP contribution in [0.25, 0.3) is 11.4 Å². The summed E-state index contributed by atoms with van der Waals surface area (Å²) < 4.78 is 27.2. The summed E-state index contributed by atoms with van der Waals surface area (Å²) in [4.78, 5) is 21.4. The third kappa shape index (κ3) is 4.47. The average Bonchev–Trinajstić information content (AvgIpc) is 3.28. The summed E-state index contributed by atoms with van der Waals surface area (Å²) in [6, 6.07) is 20.2. The third-order valence-corrected chi connectivity index (χ3v) is 7.07. The Morgan fingerprint density at radius 1 is 0.968 bits per heavy atom. The maximum atomic E-state index is 13.0. The molecule has 7 nitrogen and oxygen atoms in total. The van der Waals surface area contributed by atoms with Crippen LogP contribution in [0.1, 0.15) is 10.4 Å². The van der Waals surface area contributed by atoms with Crippen LogP contribution in [0.4, 0.5) is 10.8 Å². The smallest absolute Gasteiger partial charge is 0.264 e. The molecule has 9 heteroatoms. The molecule has 0 aliphatic carbocycles. The Morgan fingerprint density at radius 3 is 2.48 bits per heavy atom. The van der Waals surface area contributed by atoms with Crippen LogP contribution < -0.4 is 9.62 Å². The second-order valence-electron chi connectivity index (χ2n) is 6.54. The van der Waals surface area contributed by atoms with Crippen LogP contribution in [-0.4, -0.2) is 31.3 Å². The number of amides is 1. The number of aromatic nitrogens is 2. The Balaban J connectivity index is 1.54. The molecule has 156 valence electrons. The Hall–Kier alpha value is -3.56. The molecule has 1 N–H and O–H groups in total. The van der Waals surface area contributed by atoms with Crippen molar-refractivity contribution in [3.05, 3.63) is 89.9 Å². The molecule has 0 bridgehead atoms. The number of sulfonamides is 1. The second-order valence-corrected chi connectivity index (χ2v) is 9.37. The normalized spacial score (nSPS) is 11.1. The summed E-state index contributed by atoms with van der Waals surface area (Å²) in [5.41, 5.74) is 2.11. The average molecular weight is 451 g/mol. The van der Waals surface area contributed by atoms with Crippen molar-refractivity contribution in [2.45, 2.75) is 4.90 Å². The first-order chi connectivity index (χ1) is 14.9. The number of thiazole rings is 1. The lowest BCUT2D eigenvalue weighted by atomic mass is 10.2. The van der Waals surface area contributed by atoms with Crippen LogP contribution in [0.5, 0.6) is 0 Å². The van der Waals surface area contributed by atoms with E-state index in [9.17, 15) is 13.2 Å². The highest BCUT2D eigenvalue weighted by Crippen LogP contribution is 2.25. The minimum atomic E-state index is -3.82. The Bertz CT molecular complexity index is 1310. The van der Waals surface area contributed by atoms with Crippen LogP contribution in [-0.2, 0) is 10.0 Å². The number of nitrogens with one attached hydrogen (secondary N) is 1. The van der Waals surface area contributed by atoms with Gasteiger partial charge < -0.3 is 0 Å². The molecule has 2 aromatic carbocycles. The van der Waals surface area contributed by atoms with Crippen LogP contribution in [0.15, 0.2) is 89.3 Å². The van der Waals surface area contributed by atoms with Gasteiger partial charge in [-0.3, -0.25) is 19.4 Å². The number of pyridine rings is 1. The van der Waals surface area contributed by atoms with Crippen LogP contribution in [0, 0.1) is 0 Å². The Morgan fingerprint density at radius 2 is 1.74 bits per heavy atom. The zero-order chi connectivity index (χ0) is 21.8. The van der Waals surface area contributed by atoms with E-state index in [1.807, 2.05) is 24.3 Å². The Kier molecular flexibility index (Phi) is 5.79. The van der Waals surface area contributed by atoms with E-state index in [1.165, 1.54) is 34.8 Å². The van der Waals surface area contributed by atoms with Gasteiger partial charge in [0.05, 0.1) is 16.3 Å². The molecule has 0 atom stereocenters. The molecule has 0 aliphatic rings. The molecular weight excluding hydrogens is 432 g/mol. The number of hydrogen-bond donors (Lipinski definition) is 1. The van der Waals surface area contributed by atoms with Gasteiger partial charge in [0, 0.05) is 24.2 Å². The third-order valence-electron chi connectivity index (χ3n) is 4.53. The first-order valence-electron chi connectivity index (χ1n) is 9.27. The predicted molar refractivity (Wildman–Crippen MR) is 122 cm³/mol. The molecule has 0 spiro atoms. The van der Waals surface area contributed by atoms with Gasteiger partial charge in [0.1, 0.15) is 5.69 Å². The number of carbonyl (C=O) groups excluding carboxylic acids is 1. The van der Waals surface area contributed by atoms with Crippen molar-refractivity contribution in [2.75, 3.05) is 16.7 Å². The molecule has 4 rings (SSSR count). The maximum Gasteiger partial charge on any atom is 0.264 e. The topological polar surface area (TPSA) is 92.3 Å². The molecule has 0 unspecified atom stereocenters. The van der Waals surface area contributed by atoms with Crippen LogP contribution in [0.3, 0.4) is 0 Å². The molecule has 0 fully saturated rings. The van der Waals surface area contributed by atoms with Gasteiger partial charge in [-0.05, 0) is 42.5 Å². The molecule has 0 radical (unpaired) electrons. The fourth-order valence-electron chi connectivity index (χ4n) is 2.86. The summed E-state index contributed by atoms with van der Waals surface area (Å²) in [7, 11) is -2.34. The number of rotatable bonds is 6. The zero-order valence-electron chi connectivity index (χ0n) is 16.5. The van der Waals surface area contributed by atoms with Gasteiger partial charge in [-0.15, -0.1) is 11.3 Å². The summed E-state index contributed by atoms with van der Waals surface area (Å²) in [5.74, 6) is -0.443. The van der Waals surface area contributed by atoms with E-state index in [-0.39, 0.29) is 10.5 Å². The molecule has 2 heterocycles. The lowest BCUT2D eigenvalue weighted by Crippen LogP contribution is -2.26. The first-order valence-corrected chi connectivity index (χ1v) is 11.6. The lowest BCUT2D eigenvalue weighted by Gasteiger charge is -2.19. The molecule has 1 amide bonds. The van der Waals surface area contributed by atoms with Crippen molar-refractivity contribution in [1.29, 1.82) is 0 Å². The van der Waals surface area contributed by atoms with E-state index in [0.29, 0.717) is 22.2 Å². The molecule has 0 saturated carbocycles. The van der Waals surface area contributed by atoms with E-state index < -0.39 is 15.9 Å². The van der Waals surface area contributed by atoms with Gasteiger partial charge in [-0.1, -0.05) is 30.3 Å². The highest BCUT2D eigenvalue weighted by Gasteiger charge is 2.22. The second kappa shape index (κ2) is 8.66. The lowest BCUT2D eigenvalue weighted by molar-refractivity contribution is 0.102. The van der Waals surface area contributed by atoms with Crippen molar-refractivity contribution in [1.82, 2.24) is 9.97 Å². The summed E-state index contributed by atoms with van der Waals surface area (Å²) in [6.07, 6.45) is 1.67. The van der Waals surface area contributed by atoms with Gasteiger partial charge in [0.25, 0.3) is 15.9 Å². The van der Waals surface area contributed by atoms with Crippen molar-refractivity contribution in [3.63, 3.8) is 0 Å². The van der Waals surface area contributed by atoms with E-state index in [0.717, 1.165) is 0 Å². The van der Waals surface area contributed by atoms with E-state index in [4.69, 9.17) is 0 Å². The molecule has 0 aliphatic heterocycles. The van der Waals surface area contributed by atoms with Gasteiger partial charge in [0.2, 0.25) is 0 Å². The van der Waals surface area contributed by atoms with Crippen molar-refractivity contribution in [3.8, 4) is 11.4 Å². The number of hydrogen-bond acceptors (Lipinski definition) is 6. The number of para-hydroxylation sites is 1. The summed E-state index contributed by atoms with van der Waals surface area (Å²) >= 11 is 1.27. The molecule has 4 aromatic rings. The van der Waals surface area contributed by atoms with E-state index in [2.05, 4.69) is 15.3 Å². The van der Waals surface area contributed by atoms with Gasteiger partial charge in [-0.25, -0.2) is 13.4 Å². The minimum absolute atomic E-state index is 0.0276. The van der Waals surface area contributed by atoms with Crippen LogP contribution >= 0.6 is 11.3 Å². The SMILES string of the molecule is CN(c1ccccc1)S(=O)(=O)c1cccc(C(=O)Nc2nc(-c3ccccn3)cs2)c1. The number of carbonyl (C=O) groups is 1. The zero-order valence-corrected chi connectivity index (χ0v) is 18.1. The van der Waals surface area contributed by atoms with Gasteiger partial charge in [0.15, 0.2) is 5.13 Å². The quantitative estimate of drug-likeness (QED) is 0.473. The molecule has 0 saturated heterocycles. The van der Waals surface area contributed by atoms with Crippen molar-refractivity contribution >= 4 is 38.1 Å². The van der Waals surface area contributed by atoms with E-state index >= 15 is 0 Å². The largest absolute Gasteiger partial charge is 0.298 e. The fraction of sp³-hybridized carbons (Fsp3) is 0.0455. The fourth-order valence-corrected chi connectivity index (χ4v) is 4.81. The van der Waals surface area contributed by atoms with Crippen LogP contribution in [0.2, 0.25) is 0 Å². The van der Waals surface area contributed by atoms with E-state index in [1.54, 1.807) is 48.0 Å². The van der Waals surface area contributed by atoms with Crippen molar-refractivity contribution < 1.29 is 13.2 Å². The molecule has 31 heavy (non-hydrogen) atoms. The predicted octanol–water partition coefficient (Wildman–Crippen LogP) is 4.28. The summed E-state index contributed by atoms with van der Waals surface area (Å²) in [5, 5.41) is 4.92. The molecule has 2 aromatic heterocycles. The van der Waals surface area contributed by atoms with Gasteiger partial charge >= 0.3 is 0 Å². The first kappa shape index (κ1) is 20.7. The number of anilines is 2. The van der Waals surface area contributed by atoms with Gasteiger partial charge in [-0.2, -0.15) is 0 Å². The number of nitrogens with zero attached hydrogens (tertiary/aromatic N) is 3. The summed E-state index contributed by atoms with van der Waals surface area (Å²) in [6.45, 7) is 0. The Labute approximate surface area is 184 Å². The van der Waals surface area contributed by atoms with Crippen molar-refractivity contribution in [2.24, 2.45) is 0 Å². The highest BCUT2D eigenvalue weighted by atomic mass is 32.2. The maximum absolute atomic E-state index is 13.0. The number of benzene rings is 2. The molecular formula is C22H18N4O3S2. The monoisotopic (exact) mass is 450 g/mol. The standard InChI is InChI=1S/C22H18N4O3S2/c1-26(17-9-3-2-4-10-17)31(28,29)18-11-7-8-16(14-18)21(27)25-22-24-20(15-30-22)19-12-5-6-13-23-19/h2-15H,1H3,(H,24,25,27).